The van der Waals surface area contributed by atoms with E-state index >= 15 is 0 Å². The van der Waals surface area contributed by atoms with Crippen LogP contribution in [0.2, 0.25) is 0 Å². The van der Waals surface area contributed by atoms with Crippen molar-refractivity contribution in [3.63, 3.8) is 0 Å². The fourth-order valence-electron chi connectivity index (χ4n) is 1.55. The third kappa shape index (κ3) is 2.32. The van der Waals surface area contributed by atoms with E-state index in [-0.39, 0.29) is 17.1 Å². The fourth-order valence-corrected chi connectivity index (χ4v) is 1.55. The fraction of sp³-hybridized carbons (Fsp3) is 0.167. The molecule has 94 valence electrons. The number of rotatable bonds is 3. The van der Waals surface area contributed by atoms with Crippen LogP contribution in [-0.2, 0) is 6.54 Å². The molecule has 1 heterocycles. The maximum atomic E-state index is 13.0. The summed E-state index contributed by atoms with van der Waals surface area (Å²) in [5, 5.41) is 3.93. The molecule has 0 fully saturated rings. The number of aryl methyl sites for hydroxylation is 1. The maximum absolute atomic E-state index is 13.0. The average Bonchev–Trinajstić information content (AvgIpc) is 2.70. The molecule has 0 bridgehead atoms. The van der Waals surface area contributed by atoms with Gasteiger partial charge in [0.15, 0.2) is 5.69 Å². The molecule has 0 radical (unpaired) electrons. The van der Waals surface area contributed by atoms with E-state index in [1.165, 1.54) is 29.1 Å². The Hall–Kier alpha value is -2.37. The molecule has 2 rings (SSSR count). The van der Waals surface area contributed by atoms with Gasteiger partial charge in [-0.1, -0.05) is 6.07 Å². The first kappa shape index (κ1) is 12.1. The van der Waals surface area contributed by atoms with Crippen LogP contribution >= 0.6 is 0 Å². The number of hydrogen-bond acceptors (Lipinski definition) is 4. The summed E-state index contributed by atoms with van der Waals surface area (Å²) < 4.78 is 19.4. The number of nitrogens with zero attached hydrogens (tertiary/aromatic N) is 2. The number of carbonyl (C=O) groups excluding carboxylic acids is 1. The second-order valence-electron chi connectivity index (χ2n) is 3.61. The predicted molar refractivity (Wildman–Crippen MR) is 63.7 cm³/mol. The number of nitrogen functional groups attached to an aromatic ring is 1. The molecule has 0 saturated heterocycles. The summed E-state index contributed by atoms with van der Waals surface area (Å²) in [5.74, 6) is -1.00. The van der Waals surface area contributed by atoms with Crippen molar-refractivity contribution in [2.24, 2.45) is 0 Å². The lowest BCUT2D eigenvalue weighted by Crippen LogP contribution is -2.16. The number of anilines is 1. The van der Waals surface area contributed by atoms with Gasteiger partial charge in [0.25, 0.3) is 0 Å². The number of benzene rings is 1. The Kier molecular flexibility index (Phi) is 3.27. The molecule has 5 nitrogen and oxygen atoms in total. The van der Waals surface area contributed by atoms with Gasteiger partial charge in [-0.05, 0) is 19.1 Å². The average molecular weight is 249 g/mol. The van der Waals surface area contributed by atoms with Crippen molar-refractivity contribution in [3.05, 3.63) is 42.0 Å². The number of halogens is 1. The zero-order valence-electron chi connectivity index (χ0n) is 9.76. The molecule has 1 aromatic heterocycles. The maximum Gasteiger partial charge on any atom is 0.364 e. The van der Waals surface area contributed by atoms with E-state index in [9.17, 15) is 9.18 Å². The second kappa shape index (κ2) is 4.87. The Morgan fingerprint density at radius 2 is 2.33 bits per heavy atom. The summed E-state index contributed by atoms with van der Waals surface area (Å²) in [7, 11) is 0. The summed E-state index contributed by atoms with van der Waals surface area (Å²) in [4.78, 5) is 11.9. The topological polar surface area (TPSA) is 70.1 Å². The van der Waals surface area contributed by atoms with Gasteiger partial charge < -0.3 is 10.5 Å². The highest BCUT2D eigenvalue weighted by atomic mass is 19.1. The van der Waals surface area contributed by atoms with Crippen molar-refractivity contribution in [2.75, 3.05) is 5.73 Å². The Morgan fingerprint density at radius 3 is 3.00 bits per heavy atom. The zero-order valence-corrected chi connectivity index (χ0v) is 9.76. The van der Waals surface area contributed by atoms with Crippen LogP contribution in [0.15, 0.2) is 30.5 Å². The van der Waals surface area contributed by atoms with Crippen LogP contribution < -0.4 is 10.5 Å². The number of aromatic nitrogens is 2. The van der Waals surface area contributed by atoms with Crippen LogP contribution in [0.4, 0.5) is 10.1 Å². The van der Waals surface area contributed by atoms with Gasteiger partial charge in [-0.25, -0.2) is 9.18 Å². The minimum Gasteiger partial charge on any atom is -0.422 e. The monoisotopic (exact) mass is 249 g/mol. The first-order chi connectivity index (χ1) is 8.61. The third-order valence-corrected chi connectivity index (χ3v) is 2.37. The summed E-state index contributed by atoms with van der Waals surface area (Å²) in [6.07, 6.45) is 1.38. The Labute approximate surface area is 103 Å². The smallest absolute Gasteiger partial charge is 0.364 e. The van der Waals surface area contributed by atoms with E-state index in [0.717, 1.165) is 6.07 Å². The number of nitrogens with two attached hydrogens (primary N) is 1. The molecular weight excluding hydrogens is 237 g/mol. The van der Waals surface area contributed by atoms with Gasteiger partial charge in [0.1, 0.15) is 11.6 Å². The van der Waals surface area contributed by atoms with Gasteiger partial charge in [0.05, 0.1) is 11.9 Å². The van der Waals surface area contributed by atoms with Crippen molar-refractivity contribution in [3.8, 4) is 5.75 Å². The van der Waals surface area contributed by atoms with E-state index in [0.29, 0.717) is 6.54 Å². The van der Waals surface area contributed by atoms with Gasteiger partial charge in [0, 0.05) is 12.6 Å². The van der Waals surface area contributed by atoms with Crippen LogP contribution in [0.5, 0.6) is 5.75 Å². The molecule has 0 spiro atoms. The Morgan fingerprint density at radius 1 is 1.56 bits per heavy atom. The molecule has 0 atom stereocenters. The lowest BCUT2D eigenvalue weighted by molar-refractivity contribution is 0.0722. The minimum absolute atomic E-state index is 0.128. The first-order valence-corrected chi connectivity index (χ1v) is 5.41. The lowest BCUT2D eigenvalue weighted by atomic mass is 10.3. The molecule has 2 N–H and O–H groups in total. The largest absolute Gasteiger partial charge is 0.422 e. The standard InChI is InChI=1S/C12H12FN3O2/c1-2-16-11(10(14)7-15-16)12(17)18-9-5-3-4-8(13)6-9/h3-7H,2,14H2,1H3. The molecule has 0 unspecified atom stereocenters. The molecular formula is C12H12FN3O2. The van der Waals surface area contributed by atoms with Gasteiger partial charge in [-0.2, -0.15) is 5.10 Å². The Bertz CT molecular complexity index is 580. The minimum atomic E-state index is -0.655. The summed E-state index contributed by atoms with van der Waals surface area (Å²) in [6.45, 7) is 2.32. The molecule has 0 aliphatic heterocycles. The Balaban J connectivity index is 2.24. The van der Waals surface area contributed by atoms with Crippen molar-refractivity contribution in [2.45, 2.75) is 13.5 Å². The molecule has 0 aliphatic rings. The highest BCUT2D eigenvalue weighted by molar-refractivity contribution is 5.94. The quantitative estimate of drug-likeness (QED) is 0.665. The number of carbonyl (C=O) groups is 1. The van der Waals surface area contributed by atoms with Gasteiger partial charge in [-0.15, -0.1) is 0 Å². The molecule has 0 amide bonds. The van der Waals surface area contributed by atoms with Crippen molar-refractivity contribution in [1.82, 2.24) is 9.78 Å². The van der Waals surface area contributed by atoms with Crippen LogP contribution in [0.1, 0.15) is 17.4 Å². The normalized spacial score (nSPS) is 10.3. The van der Waals surface area contributed by atoms with E-state index < -0.39 is 11.8 Å². The zero-order chi connectivity index (χ0) is 13.1. The lowest BCUT2D eigenvalue weighted by Gasteiger charge is -2.06. The van der Waals surface area contributed by atoms with Crippen LogP contribution in [-0.4, -0.2) is 15.7 Å². The number of hydrogen-bond donors (Lipinski definition) is 1. The molecule has 18 heavy (non-hydrogen) atoms. The van der Waals surface area contributed by atoms with Crippen molar-refractivity contribution >= 4 is 11.7 Å². The highest BCUT2D eigenvalue weighted by Gasteiger charge is 2.18. The van der Waals surface area contributed by atoms with Crippen LogP contribution in [0, 0.1) is 5.82 Å². The summed E-state index contributed by atoms with van der Waals surface area (Å²) >= 11 is 0. The van der Waals surface area contributed by atoms with Crippen molar-refractivity contribution in [1.29, 1.82) is 0 Å². The van der Waals surface area contributed by atoms with Gasteiger partial charge in [-0.3, -0.25) is 4.68 Å². The third-order valence-electron chi connectivity index (χ3n) is 2.37. The molecule has 0 aliphatic carbocycles. The van der Waals surface area contributed by atoms with E-state index in [1.54, 1.807) is 0 Å². The van der Waals surface area contributed by atoms with Crippen LogP contribution in [0.3, 0.4) is 0 Å². The van der Waals surface area contributed by atoms with E-state index in [1.807, 2.05) is 6.92 Å². The summed E-state index contributed by atoms with van der Waals surface area (Å²) in [6, 6.07) is 5.34. The molecule has 1 aromatic carbocycles. The van der Waals surface area contributed by atoms with E-state index in [4.69, 9.17) is 10.5 Å². The molecule has 0 saturated carbocycles. The van der Waals surface area contributed by atoms with E-state index in [2.05, 4.69) is 5.10 Å². The van der Waals surface area contributed by atoms with Gasteiger partial charge in [0.2, 0.25) is 0 Å². The SMILES string of the molecule is CCn1ncc(N)c1C(=O)Oc1cccc(F)c1. The van der Waals surface area contributed by atoms with Gasteiger partial charge >= 0.3 is 5.97 Å². The van der Waals surface area contributed by atoms with Crippen molar-refractivity contribution < 1.29 is 13.9 Å². The number of ether oxygens (including phenoxy) is 1. The highest BCUT2D eigenvalue weighted by Crippen LogP contribution is 2.17. The number of esters is 1. The van der Waals surface area contributed by atoms with Crippen LogP contribution in [0.25, 0.3) is 0 Å². The molecule has 6 heteroatoms. The summed E-state index contributed by atoms with van der Waals surface area (Å²) in [5.41, 5.74) is 6.05. The first-order valence-electron chi connectivity index (χ1n) is 5.41. The molecule has 2 aromatic rings. The second-order valence-corrected chi connectivity index (χ2v) is 3.61. The predicted octanol–water partition coefficient (Wildman–Crippen LogP) is 1.84.